The molecule has 0 radical (unpaired) electrons. The highest BCUT2D eigenvalue weighted by atomic mass is 35.5. The molecule has 0 spiro atoms. The van der Waals surface area contributed by atoms with Crippen LogP contribution in [0.1, 0.15) is 24.0 Å². The lowest BCUT2D eigenvalue weighted by Crippen LogP contribution is -2.42. The number of alkyl halides is 3. The fourth-order valence-electron chi connectivity index (χ4n) is 3.30. The van der Waals surface area contributed by atoms with Gasteiger partial charge in [0.2, 0.25) is 5.91 Å². The first-order chi connectivity index (χ1) is 13.3. The van der Waals surface area contributed by atoms with Gasteiger partial charge < -0.3 is 5.32 Å². The van der Waals surface area contributed by atoms with Crippen molar-refractivity contribution in [1.29, 1.82) is 0 Å². The molecule has 4 nitrogen and oxygen atoms in total. The number of carbonyl (C=O) groups excluding carboxylic acids is 1. The molecule has 1 fully saturated rings. The number of nitrogens with one attached hydrogen (secondary N) is 2. The fourth-order valence-corrected chi connectivity index (χ4v) is 3.42. The molecular weight excluding hydrogens is 391 g/mol. The van der Waals surface area contributed by atoms with Crippen LogP contribution in [0.15, 0.2) is 42.6 Å². The topological polar surface area (TPSA) is 46.5 Å². The highest BCUT2D eigenvalue weighted by Gasteiger charge is 2.33. The number of pyridine rings is 1. The minimum Gasteiger partial charge on any atom is -0.356 e. The van der Waals surface area contributed by atoms with Gasteiger partial charge in [-0.25, -0.2) is 4.98 Å². The Hall–Kier alpha value is -2.28. The molecule has 2 heterocycles. The second-order valence-corrected chi connectivity index (χ2v) is 7.33. The molecule has 0 aliphatic carbocycles. The maximum absolute atomic E-state index is 12.6. The normalized spacial score (nSPS) is 15.5. The second kappa shape index (κ2) is 8.82. The van der Waals surface area contributed by atoms with E-state index in [1.165, 1.54) is 6.07 Å². The van der Waals surface area contributed by atoms with Gasteiger partial charge in [-0.05, 0) is 43.0 Å². The van der Waals surface area contributed by atoms with Gasteiger partial charge in [-0.15, -0.1) is 0 Å². The number of rotatable bonds is 5. The van der Waals surface area contributed by atoms with Crippen LogP contribution < -0.4 is 15.2 Å². The third-order valence-electron chi connectivity index (χ3n) is 4.96. The summed E-state index contributed by atoms with van der Waals surface area (Å²) >= 11 is 5.86. The zero-order chi connectivity index (χ0) is 20.1. The quantitative estimate of drug-likeness (QED) is 0.813. The van der Waals surface area contributed by atoms with Gasteiger partial charge in [0.05, 0.1) is 18.7 Å². The summed E-state index contributed by atoms with van der Waals surface area (Å²) in [6, 6.07) is 10.0. The summed E-state index contributed by atoms with van der Waals surface area (Å²) in [6.45, 7) is 1.81. The lowest BCUT2D eigenvalue weighted by atomic mass is 9.95. The van der Waals surface area contributed by atoms with Crippen molar-refractivity contribution in [3.8, 4) is 0 Å². The smallest absolute Gasteiger partial charge is 0.356 e. The molecule has 1 aliphatic rings. The van der Waals surface area contributed by atoms with Gasteiger partial charge in [-0.2, -0.15) is 13.2 Å². The van der Waals surface area contributed by atoms with Crippen LogP contribution in [0.25, 0.3) is 0 Å². The van der Waals surface area contributed by atoms with Crippen molar-refractivity contribution in [3.63, 3.8) is 0 Å². The van der Waals surface area contributed by atoms with Crippen LogP contribution in [-0.2, 0) is 17.4 Å². The third-order valence-corrected chi connectivity index (χ3v) is 5.21. The molecule has 3 rings (SSSR count). The SMILES string of the molecule is O=C(NCCc1ccc(Cl)cc1)C1CCN(c2ccc(C(F)(F)F)c[nH+]2)CC1. The monoisotopic (exact) mass is 412 g/mol. The van der Waals surface area contributed by atoms with Crippen molar-refractivity contribution >= 4 is 23.3 Å². The predicted molar refractivity (Wildman–Crippen MR) is 101 cm³/mol. The molecule has 28 heavy (non-hydrogen) atoms. The Balaban J connectivity index is 1.44. The van der Waals surface area contributed by atoms with Gasteiger partial charge in [0, 0.05) is 23.6 Å². The summed E-state index contributed by atoms with van der Waals surface area (Å²) in [4.78, 5) is 17.0. The number of benzene rings is 1. The number of H-pyrrole nitrogens is 1. The van der Waals surface area contributed by atoms with Crippen LogP contribution in [0.3, 0.4) is 0 Å². The van der Waals surface area contributed by atoms with Crippen molar-refractivity contribution in [2.24, 2.45) is 5.92 Å². The Morgan fingerprint density at radius 2 is 1.82 bits per heavy atom. The van der Waals surface area contributed by atoms with Crippen LogP contribution in [-0.4, -0.2) is 25.5 Å². The highest BCUT2D eigenvalue weighted by Crippen LogP contribution is 2.29. The molecular formula is C20H22ClF3N3O+. The van der Waals surface area contributed by atoms with E-state index in [-0.39, 0.29) is 11.8 Å². The summed E-state index contributed by atoms with van der Waals surface area (Å²) in [6.07, 6.45) is -1.30. The van der Waals surface area contributed by atoms with Gasteiger partial charge in [0.25, 0.3) is 5.82 Å². The van der Waals surface area contributed by atoms with Crippen LogP contribution in [0.4, 0.5) is 19.0 Å². The molecule has 2 N–H and O–H groups in total. The molecule has 1 aliphatic heterocycles. The zero-order valence-corrected chi connectivity index (χ0v) is 16.0. The van der Waals surface area contributed by atoms with E-state index in [1.807, 2.05) is 29.2 Å². The minimum absolute atomic E-state index is 0.0324. The summed E-state index contributed by atoms with van der Waals surface area (Å²) in [7, 11) is 0. The Bertz CT molecular complexity index is 786. The van der Waals surface area contributed by atoms with Crippen LogP contribution in [0, 0.1) is 5.92 Å². The van der Waals surface area contributed by atoms with Gasteiger partial charge in [0.1, 0.15) is 6.20 Å². The molecule has 2 aromatic rings. The van der Waals surface area contributed by atoms with E-state index < -0.39 is 11.7 Å². The number of carbonyl (C=O) groups is 1. The number of amides is 1. The molecule has 8 heteroatoms. The van der Waals surface area contributed by atoms with E-state index in [0.29, 0.717) is 43.3 Å². The highest BCUT2D eigenvalue weighted by molar-refractivity contribution is 6.30. The number of aromatic nitrogens is 1. The van der Waals surface area contributed by atoms with Crippen LogP contribution >= 0.6 is 11.6 Å². The first-order valence-corrected chi connectivity index (χ1v) is 9.57. The van der Waals surface area contributed by atoms with Crippen molar-refractivity contribution in [2.75, 3.05) is 24.5 Å². The molecule has 0 bridgehead atoms. The van der Waals surface area contributed by atoms with Gasteiger partial charge in [-0.3, -0.25) is 9.69 Å². The number of anilines is 1. The lowest BCUT2D eigenvalue weighted by molar-refractivity contribution is -0.367. The van der Waals surface area contributed by atoms with E-state index in [9.17, 15) is 18.0 Å². The maximum Gasteiger partial charge on any atom is 0.419 e. The molecule has 1 saturated heterocycles. The Morgan fingerprint density at radius 3 is 2.39 bits per heavy atom. The molecule has 0 unspecified atom stereocenters. The van der Waals surface area contributed by atoms with E-state index in [4.69, 9.17) is 11.6 Å². The summed E-state index contributed by atoms with van der Waals surface area (Å²) in [5.74, 6) is 0.593. The third kappa shape index (κ3) is 5.38. The number of aromatic amines is 1. The predicted octanol–water partition coefficient (Wildman–Crippen LogP) is 3.75. The standard InChI is InChI=1S/C20H21ClF3N3O/c21-17-4-1-14(2-5-17)7-10-25-19(28)15-8-11-27(12-9-15)18-6-3-16(13-26-18)20(22,23)24/h1-6,13,15H,7-12H2,(H,25,28)/p+1. The van der Waals surface area contributed by atoms with Crippen molar-refractivity contribution in [2.45, 2.75) is 25.4 Å². The van der Waals surface area contributed by atoms with Gasteiger partial charge in [0.15, 0.2) is 0 Å². The van der Waals surface area contributed by atoms with Crippen molar-refractivity contribution in [1.82, 2.24) is 5.32 Å². The minimum atomic E-state index is -4.36. The Kier molecular flexibility index (Phi) is 6.44. The number of piperidine rings is 1. The summed E-state index contributed by atoms with van der Waals surface area (Å²) < 4.78 is 37.9. The fraction of sp³-hybridized carbons (Fsp3) is 0.400. The first-order valence-electron chi connectivity index (χ1n) is 9.19. The van der Waals surface area contributed by atoms with Crippen LogP contribution in [0.5, 0.6) is 0 Å². The average molecular weight is 413 g/mol. The summed E-state index contributed by atoms with van der Waals surface area (Å²) in [5, 5.41) is 3.66. The van der Waals surface area contributed by atoms with E-state index in [0.717, 1.165) is 24.2 Å². The van der Waals surface area contributed by atoms with E-state index in [2.05, 4.69) is 10.3 Å². The molecule has 1 aromatic heterocycles. The van der Waals surface area contributed by atoms with Crippen molar-refractivity contribution < 1.29 is 22.9 Å². The number of hydrogen-bond acceptors (Lipinski definition) is 2. The second-order valence-electron chi connectivity index (χ2n) is 6.89. The average Bonchev–Trinajstić information content (AvgIpc) is 2.69. The first kappa shape index (κ1) is 20.5. The lowest BCUT2D eigenvalue weighted by Gasteiger charge is -2.27. The van der Waals surface area contributed by atoms with E-state index >= 15 is 0 Å². The maximum atomic E-state index is 12.6. The molecule has 1 amide bonds. The molecule has 1 aromatic carbocycles. The number of hydrogen-bond donors (Lipinski definition) is 1. The Labute approximate surface area is 166 Å². The summed E-state index contributed by atoms with van der Waals surface area (Å²) in [5.41, 5.74) is 0.406. The van der Waals surface area contributed by atoms with E-state index in [1.54, 1.807) is 0 Å². The molecule has 0 atom stereocenters. The largest absolute Gasteiger partial charge is 0.419 e. The zero-order valence-electron chi connectivity index (χ0n) is 15.2. The molecule has 0 saturated carbocycles. The van der Waals surface area contributed by atoms with Crippen LogP contribution in [0.2, 0.25) is 5.02 Å². The Morgan fingerprint density at radius 1 is 1.14 bits per heavy atom. The number of nitrogens with zero attached hydrogens (tertiary/aromatic N) is 1. The van der Waals surface area contributed by atoms with Crippen molar-refractivity contribution in [3.05, 3.63) is 58.7 Å². The van der Waals surface area contributed by atoms with Gasteiger partial charge >= 0.3 is 6.18 Å². The number of halogens is 4. The molecule has 150 valence electrons. The van der Waals surface area contributed by atoms with Gasteiger partial charge in [-0.1, -0.05) is 23.7 Å².